The minimum absolute atomic E-state index is 0.0469. The predicted octanol–water partition coefficient (Wildman–Crippen LogP) is 3.69. The number of pyridine rings is 1. The molecule has 5 nitrogen and oxygen atoms in total. The molecule has 0 saturated heterocycles. The van der Waals surface area contributed by atoms with Crippen molar-refractivity contribution in [3.8, 4) is 5.75 Å². The second-order valence-electron chi connectivity index (χ2n) is 6.17. The molecule has 4 rings (SSSR count). The van der Waals surface area contributed by atoms with Gasteiger partial charge in [-0.05, 0) is 60.2 Å². The van der Waals surface area contributed by atoms with Crippen molar-refractivity contribution in [3.63, 3.8) is 0 Å². The molecule has 26 heavy (non-hydrogen) atoms. The van der Waals surface area contributed by atoms with Gasteiger partial charge in [0.15, 0.2) is 5.11 Å². The van der Waals surface area contributed by atoms with Gasteiger partial charge in [0.05, 0.1) is 13.2 Å². The van der Waals surface area contributed by atoms with Crippen molar-refractivity contribution in [2.45, 2.75) is 12.6 Å². The highest BCUT2D eigenvalue weighted by atomic mass is 32.1. The third kappa shape index (κ3) is 3.15. The molecule has 0 unspecified atom stereocenters. The summed E-state index contributed by atoms with van der Waals surface area (Å²) in [6, 6.07) is 16.1. The largest absolute Gasteiger partial charge is 0.497 e. The molecule has 0 saturated carbocycles. The fraction of sp³-hybridized carbons (Fsp3) is 0.200. The van der Waals surface area contributed by atoms with Gasteiger partial charge in [-0.2, -0.15) is 0 Å². The number of benzene rings is 1. The van der Waals surface area contributed by atoms with Crippen LogP contribution in [0.25, 0.3) is 0 Å². The number of anilines is 1. The van der Waals surface area contributed by atoms with Gasteiger partial charge in [0.2, 0.25) is 0 Å². The molecule has 6 heteroatoms. The Labute approximate surface area is 158 Å². The number of nitrogens with zero attached hydrogens (tertiary/aromatic N) is 3. The summed E-state index contributed by atoms with van der Waals surface area (Å²) in [5.74, 6) is 0.825. The standard InChI is InChI=1S/C20H20N4OS/c1-25-17-8-6-16(7-9-17)22-20(26)24-13-12-23-11-3-5-18(23)19(24)15-4-2-10-21-14-15/h2-11,14,19H,12-13H2,1H3,(H,22,26)/t19-/m1/s1. The topological polar surface area (TPSA) is 42.3 Å². The smallest absolute Gasteiger partial charge is 0.174 e. The zero-order valence-electron chi connectivity index (χ0n) is 14.5. The average molecular weight is 364 g/mol. The first-order valence-electron chi connectivity index (χ1n) is 8.53. The van der Waals surface area contributed by atoms with Crippen molar-refractivity contribution in [3.05, 3.63) is 78.4 Å². The Hall–Kier alpha value is -2.86. The highest BCUT2D eigenvalue weighted by Gasteiger charge is 2.30. The van der Waals surface area contributed by atoms with Crippen LogP contribution in [0.5, 0.6) is 5.75 Å². The van der Waals surface area contributed by atoms with Crippen LogP contribution in [0.4, 0.5) is 5.69 Å². The fourth-order valence-electron chi connectivity index (χ4n) is 3.36. The molecule has 1 aliphatic rings. The van der Waals surface area contributed by atoms with Gasteiger partial charge in [-0.25, -0.2) is 0 Å². The van der Waals surface area contributed by atoms with E-state index in [9.17, 15) is 0 Å². The van der Waals surface area contributed by atoms with Crippen molar-refractivity contribution in [1.29, 1.82) is 0 Å². The van der Waals surface area contributed by atoms with E-state index >= 15 is 0 Å². The van der Waals surface area contributed by atoms with Crippen LogP contribution < -0.4 is 10.1 Å². The highest BCUT2D eigenvalue weighted by molar-refractivity contribution is 7.80. The van der Waals surface area contributed by atoms with Gasteiger partial charge in [-0.1, -0.05) is 6.07 Å². The summed E-state index contributed by atoms with van der Waals surface area (Å²) in [7, 11) is 1.66. The van der Waals surface area contributed by atoms with Gasteiger partial charge < -0.3 is 19.5 Å². The van der Waals surface area contributed by atoms with Gasteiger partial charge in [-0.3, -0.25) is 4.98 Å². The van der Waals surface area contributed by atoms with Crippen LogP contribution in [0.3, 0.4) is 0 Å². The van der Waals surface area contributed by atoms with Crippen molar-refractivity contribution < 1.29 is 4.74 Å². The van der Waals surface area contributed by atoms with Crippen LogP contribution in [0, 0.1) is 0 Å². The molecule has 0 spiro atoms. The normalized spacial score (nSPS) is 16.0. The zero-order valence-corrected chi connectivity index (χ0v) is 15.3. The van der Waals surface area contributed by atoms with Gasteiger partial charge in [0, 0.05) is 43.1 Å². The Bertz CT molecular complexity index is 892. The van der Waals surface area contributed by atoms with Crippen LogP contribution in [0.1, 0.15) is 17.3 Å². The number of methoxy groups -OCH3 is 1. The maximum atomic E-state index is 5.75. The molecule has 0 bridgehead atoms. The molecule has 1 aliphatic heterocycles. The molecule has 3 heterocycles. The van der Waals surface area contributed by atoms with Crippen LogP contribution in [0.2, 0.25) is 0 Å². The maximum Gasteiger partial charge on any atom is 0.174 e. The van der Waals surface area contributed by atoms with Crippen molar-refractivity contribution in [2.75, 3.05) is 19.0 Å². The lowest BCUT2D eigenvalue weighted by Crippen LogP contribution is -2.44. The van der Waals surface area contributed by atoms with Gasteiger partial charge in [-0.15, -0.1) is 0 Å². The summed E-state index contributed by atoms with van der Waals surface area (Å²) in [5, 5.41) is 4.06. The Morgan fingerprint density at radius 1 is 1.15 bits per heavy atom. The number of ether oxygens (including phenoxy) is 1. The third-order valence-electron chi connectivity index (χ3n) is 4.64. The first-order valence-corrected chi connectivity index (χ1v) is 8.94. The Morgan fingerprint density at radius 3 is 2.73 bits per heavy atom. The number of aromatic nitrogens is 2. The van der Waals surface area contributed by atoms with Crippen LogP contribution in [-0.4, -0.2) is 33.2 Å². The van der Waals surface area contributed by atoms with E-state index < -0.39 is 0 Å². The zero-order chi connectivity index (χ0) is 17.9. The molecular weight excluding hydrogens is 344 g/mol. The summed E-state index contributed by atoms with van der Waals surface area (Å²) in [6.07, 6.45) is 5.83. The second kappa shape index (κ2) is 7.17. The highest BCUT2D eigenvalue weighted by Crippen LogP contribution is 2.32. The van der Waals surface area contributed by atoms with Crippen molar-refractivity contribution in [1.82, 2.24) is 14.5 Å². The molecule has 3 aromatic rings. The number of nitrogens with one attached hydrogen (secondary N) is 1. The Kier molecular flexibility index (Phi) is 4.58. The lowest BCUT2D eigenvalue weighted by molar-refractivity contribution is 0.293. The molecule has 1 aromatic carbocycles. The Morgan fingerprint density at radius 2 is 2.00 bits per heavy atom. The minimum Gasteiger partial charge on any atom is -0.497 e. The van der Waals surface area contributed by atoms with E-state index in [2.05, 4.69) is 44.2 Å². The van der Waals surface area contributed by atoms with E-state index in [1.54, 1.807) is 13.3 Å². The SMILES string of the molecule is COc1ccc(NC(=S)N2CCn3cccc3[C@H]2c2cccnc2)cc1. The van der Waals surface area contributed by atoms with Gasteiger partial charge >= 0.3 is 0 Å². The Balaban J connectivity index is 1.62. The quantitative estimate of drug-likeness (QED) is 0.718. The average Bonchev–Trinajstić information content (AvgIpc) is 3.17. The van der Waals surface area contributed by atoms with E-state index in [-0.39, 0.29) is 6.04 Å². The van der Waals surface area contributed by atoms with Gasteiger partial charge in [0.1, 0.15) is 5.75 Å². The van der Waals surface area contributed by atoms with Crippen molar-refractivity contribution in [2.24, 2.45) is 0 Å². The van der Waals surface area contributed by atoms with E-state index in [1.807, 2.05) is 36.5 Å². The van der Waals surface area contributed by atoms with E-state index in [4.69, 9.17) is 17.0 Å². The second-order valence-corrected chi connectivity index (χ2v) is 6.55. The number of hydrogen-bond donors (Lipinski definition) is 1. The summed E-state index contributed by atoms with van der Waals surface area (Å²) in [4.78, 5) is 6.53. The van der Waals surface area contributed by atoms with Crippen LogP contribution in [0.15, 0.2) is 67.1 Å². The predicted molar refractivity (Wildman–Crippen MR) is 106 cm³/mol. The van der Waals surface area contributed by atoms with Crippen LogP contribution in [-0.2, 0) is 6.54 Å². The lowest BCUT2D eigenvalue weighted by atomic mass is 10.0. The maximum absolute atomic E-state index is 5.75. The van der Waals surface area contributed by atoms with Crippen LogP contribution >= 0.6 is 12.2 Å². The molecule has 0 fully saturated rings. The molecule has 1 atom stereocenters. The molecular formula is C20H20N4OS. The lowest BCUT2D eigenvalue weighted by Gasteiger charge is -2.38. The summed E-state index contributed by atoms with van der Waals surface area (Å²) in [5.41, 5.74) is 3.30. The van der Waals surface area contributed by atoms with E-state index in [1.165, 1.54) is 5.69 Å². The molecule has 0 aliphatic carbocycles. The molecule has 0 radical (unpaired) electrons. The summed E-state index contributed by atoms with van der Waals surface area (Å²) in [6.45, 7) is 1.74. The third-order valence-corrected chi connectivity index (χ3v) is 4.98. The number of rotatable bonds is 3. The fourth-order valence-corrected chi connectivity index (χ4v) is 3.67. The number of fused-ring (bicyclic) bond motifs is 1. The van der Waals surface area contributed by atoms with Crippen molar-refractivity contribution >= 4 is 23.0 Å². The van der Waals surface area contributed by atoms with E-state index in [0.717, 1.165) is 30.1 Å². The monoisotopic (exact) mass is 364 g/mol. The summed E-state index contributed by atoms with van der Waals surface area (Å²) >= 11 is 5.75. The molecule has 132 valence electrons. The molecule has 0 amide bonds. The summed E-state index contributed by atoms with van der Waals surface area (Å²) < 4.78 is 7.50. The van der Waals surface area contributed by atoms with E-state index in [0.29, 0.717) is 5.11 Å². The number of thiocarbonyl (C=S) groups is 1. The molecule has 1 N–H and O–H groups in total. The minimum atomic E-state index is 0.0469. The number of hydrogen-bond acceptors (Lipinski definition) is 3. The first-order chi connectivity index (χ1) is 12.8. The molecule has 2 aromatic heterocycles. The van der Waals surface area contributed by atoms with Gasteiger partial charge in [0.25, 0.3) is 0 Å². The first kappa shape index (κ1) is 16.6.